The maximum atomic E-state index is 14.0. The topological polar surface area (TPSA) is 109 Å². The Kier molecular flexibility index (Phi) is 7.24. The summed E-state index contributed by atoms with van der Waals surface area (Å²) < 4.78 is 17.5. The number of nitrogens with zero attached hydrogens (tertiary/aromatic N) is 3. The number of hydrogen-bond donors (Lipinski definition) is 1. The van der Waals surface area contributed by atoms with Crippen molar-refractivity contribution in [2.24, 2.45) is 11.8 Å². The number of allylic oxidation sites excluding steroid dienone is 1. The molecule has 0 bridgehead atoms. The second kappa shape index (κ2) is 10.4. The van der Waals surface area contributed by atoms with Gasteiger partial charge in [-0.25, -0.2) is 0 Å². The molecule has 0 aromatic heterocycles. The highest BCUT2D eigenvalue weighted by atomic mass is 16.6. The van der Waals surface area contributed by atoms with Crippen LogP contribution < -0.4 is 0 Å². The summed E-state index contributed by atoms with van der Waals surface area (Å²) in [5, 5.41) is 9.46. The zero-order valence-electron chi connectivity index (χ0n) is 20.0. The molecule has 5 aliphatic heterocycles. The Hall–Kier alpha value is -2.27. The molecule has 0 saturated carbocycles. The van der Waals surface area contributed by atoms with Gasteiger partial charge >= 0.3 is 5.97 Å². The lowest BCUT2D eigenvalue weighted by Gasteiger charge is -2.36. The van der Waals surface area contributed by atoms with Gasteiger partial charge in [0, 0.05) is 45.9 Å². The van der Waals surface area contributed by atoms with Crippen LogP contribution in [0.1, 0.15) is 19.3 Å². The van der Waals surface area contributed by atoms with Crippen LogP contribution in [0.25, 0.3) is 0 Å². The third-order valence-electron chi connectivity index (χ3n) is 7.78. The number of fused-ring (bicyclic) bond motifs is 2. The maximum Gasteiger partial charge on any atom is 0.312 e. The Balaban J connectivity index is 1.46. The lowest BCUT2D eigenvalue weighted by atomic mass is 9.78. The van der Waals surface area contributed by atoms with Crippen LogP contribution in [-0.2, 0) is 28.6 Å². The van der Waals surface area contributed by atoms with Gasteiger partial charge in [-0.1, -0.05) is 24.3 Å². The van der Waals surface area contributed by atoms with Crippen LogP contribution in [0.2, 0.25) is 0 Å². The minimum atomic E-state index is -1.24. The molecule has 0 aromatic carbocycles. The first-order valence-corrected chi connectivity index (χ1v) is 12.8. The predicted molar refractivity (Wildman–Crippen MR) is 124 cm³/mol. The monoisotopic (exact) mass is 489 g/mol. The smallest absolute Gasteiger partial charge is 0.312 e. The molecule has 0 aromatic rings. The molecule has 5 rings (SSSR count). The Morgan fingerprint density at radius 1 is 1.03 bits per heavy atom. The van der Waals surface area contributed by atoms with E-state index in [-0.39, 0.29) is 25.0 Å². The number of esters is 1. The summed E-state index contributed by atoms with van der Waals surface area (Å²) in [5.41, 5.74) is -1.24. The minimum Gasteiger partial charge on any atom is -0.465 e. The van der Waals surface area contributed by atoms with E-state index in [2.05, 4.69) is 4.90 Å². The average molecular weight is 490 g/mol. The molecule has 1 N–H and O–H groups in total. The second-order valence-corrected chi connectivity index (χ2v) is 9.83. The zero-order valence-corrected chi connectivity index (χ0v) is 20.0. The van der Waals surface area contributed by atoms with Gasteiger partial charge < -0.3 is 29.1 Å². The molecule has 3 saturated heterocycles. The highest BCUT2D eigenvalue weighted by Crippen LogP contribution is 2.53. The van der Waals surface area contributed by atoms with E-state index >= 15 is 0 Å². The molecule has 1 spiro atoms. The standard InChI is InChI=1S/C25H35N3O7/c29-14-5-9-28-21-23(31)27(11-10-26-12-16-33-17-13-26)8-4-7-25(21)20(22(28)30)19-18(35-25)6-2-1-3-15-34-24(19)32/h2,4,6-7,18-21,29H,1,3,5,8-17H2/b6-2-/t18-,19+,20+,21?,25+/m1/s1. The van der Waals surface area contributed by atoms with Crippen molar-refractivity contribution in [2.75, 3.05) is 65.7 Å². The van der Waals surface area contributed by atoms with E-state index in [1.54, 1.807) is 4.90 Å². The van der Waals surface area contributed by atoms with Crippen LogP contribution in [0.15, 0.2) is 24.3 Å². The molecule has 192 valence electrons. The first kappa shape index (κ1) is 24.4. The minimum absolute atomic E-state index is 0.101. The molecular formula is C25H35N3O7. The largest absolute Gasteiger partial charge is 0.465 e. The van der Waals surface area contributed by atoms with Crippen LogP contribution in [0.5, 0.6) is 0 Å². The Morgan fingerprint density at radius 2 is 1.86 bits per heavy atom. The van der Waals surface area contributed by atoms with Gasteiger partial charge in [-0.05, 0) is 19.3 Å². The number of carbonyl (C=O) groups excluding carboxylic acids is 3. The number of cyclic esters (lactones) is 1. The molecule has 10 heteroatoms. The van der Waals surface area contributed by atoms with Crippen LogP contribution in [0.4, 0.5) is 0 Å². The van der Waals surface area contributed by atoms with Gasteiger partial charge in [-0.2, -0.15) is 0 Å². The van der Waals surface area contributed by atoms with Gasteiger partial charge in [-0.3, -0.25) is 19.3 Å². The maximum absolute atomic E-state index is 14.0. The van der Waals surface area contributed by atoms with E-state index in [4.69, 9.17) is 14.2 Å². The van der Waals surface area contributed by atoms with Crippen molar-refractivity contribution < 1.29 is 33.7 Å². The van der Waals surface area contributed by atoms with Crippen molar-refractivity contribution in [3.05, 3.63) is 24.3 Å². The number of aliphatic hydroxyl groups excluding tert-OH is 1. The lowest BCUT2D eigenvalue weighted by Crippen LogP contribution is -2.56. The number of rotatable bonds is 6. The zero-order chi connectivity index (χ0) is 24.4. The first-order chi connectivity index (χ1) is 17.1. The SMILES string of the molecule is O=C1OCCC/C=C\[C@H]2O[C@]34C=CCN(CCN5CCOCC5)C(=O)C3N(CCCO)C(=O)[C@@H]4[C@@H]12. The molecule has 10 nitrogen and oxygen atoms in total. The average Bonchev–Trinajstić information content (AvgIpc) is 3.27. The number of amides is 2. The third kappa shape index (κ3) is 4.41. The molecule has 5 atom stereocenters. The number of aliphatic hydroxyl groups is 1. The predicted octanol–water partition coefficient (Wildman–Crippen LogP) is -0.427. The number of likely N-dealkylation sites (tertiary alicyclic amines) is 1. The number of morpholine rings is 1. The summed E-state index contributed by atoms with van der Waals surface area (Å²) in [6.07, 6.45) is 8.74. The van der Waals surface area contributed by atoms with Gasteiger partial charge in [-0.15, -0.1) is 0 Å². The van der Waals surface area contributed by atoms with E-state index < -0.39 is 35.6 Å². The van der Waals surface area contributed by atoms with Crippen molar-refractivity contribution in [1.29, 1.82) is 0 Å². The Bertz CT molecular complexity index is 886. The van der Waals surface area contributed by atoms with Gasteiger partial charge in [0.1, 0.15) is 17.6 Å². The van der Waals surface area contributed by atoms with Gasteiger partial charge in [0.05, 0.1) is 31.8 Å². The molecule has 0 aliphatic carbocycles. The molecule has 2 amide bonds. The van der Waals surface area contributed by atoms with Crippen molar-refractivity contribution in [3.63, 3.8) is 0 Å². The lowest BCUT2D eigenvalue weighted by molar-refractivity contribution is -0.154. The van der Waals surface area contributed by atoms with Crippen LogP contribution in [0.3, 0.4) is 0 Å². The van der Waals surface area contributed by atoms with Crippen LogP contribution in [-0.4, -0.2) is 121 Å². The molecule has 3 fully saturated rings. The molecule has 1 unspecified atom stereocenters. The van der Waals surface area contributed by atoms with Crippen molar-refractivity contribution >= 4 is 17.8 Å². The summed E-state index contributed by atoms with van der Waals surface area (Å²) in [6, 6.07) is -0.883. The van der Waals surface area contributed by atoms with Gasteiger partial charge in [0.25, 0.3) is 0 Å². The molecule has 0 radical (unpaired) electrons. The van der Waals surface area contributed by atoms with Crippen molar-refractivity contribution in [3.8, 4) is 0 Å². The quantitative estimate of drug-likeness (QED) is 0.396. The third-order valence-corrected chi connectivity index (χ3v) is 7.78. The Labute approximate surface area is 205 Å². The van der Waals surface area contributed by atoms with Crippen LogP contribution in [0, 0.1) is 11.8 Å². The fourth-order valence-corrected chi connectivity index (χ4v) is 6.07. The fourth-order valence-electron chi connectivity index (χ4n) is 6.07. The molecular weight excluding hydrogens is 454 g/mol. The van der Waals surface area contributed by atoms with Crippen molar-refractivity contribution in [1.82, 2.24) is 14.7 Å². The highest BCUT2D eigenvalue weighted by molar-refractivity contribution is 5.99. The van der Waals surface area contributed by atoms with Gasteiger partial charge in [0.15, 0.2) is 0 Å². The van der Waals surface area contributed by atoms with E-state index in [1.807, 2.05) is 24.3 Å². The number of hydrogen-bond acceptors (Lipinski definition) is 8. The van der Waals surface area contributed by atoms with E-state index in [0.29, 0.717) is 45.8 Å². The summed E-state index contributed by atoms with van der Waals surface area (Å²) in [7, 11) is 0. The first-order valence-electron chi connectivity index (χ1n) is 12.8. The summed E-state index contributed by atoms with van der Waals surface area (Å²) in [6.45, 7) is 5.10. The normalized spacial score (nSPS) is 36.5. The van der Waals surface area contributed by atoms with E-state index in [9.17, 15) is 19.5 Å². The molecule has 5 heterocycles. The fraction of sp³-hybridized carbons (Fsp3) is 0.720. The Morgan fingerprint density at radius 3 is 2.66 bits per heavy atom. The number of carbonyl (C=O) groups is 3. The molecule has 35 heavy (non-hydrogen) atoms. The number of ether oxygens (including phenoxy) is 3. The van der Waals surface area contributed by atoms with Crippen molar-refractivity contribution in [2.45, 2.75) is 37.0 Å². The van der Waals surface area contributed by atoms with E-state index in [1.165, 1.54) is 4.90 Å². The van der Waals surface area contributed by atoms with E-state index in [0.717, 1.165) is 26.1 Å². The second-order valence-electron chi connectivity index (χ2n) is 9.83. The molecule has 5 aliphatic rings. The van der Waals surface area contributed by atoms with Crippen LogP contribution >= 0.6 is 0 Å². The van der Waals surface area contributed by atoms with Gasteiger partial charge in [0.2, 0.25) is 11.8 Å². The highest BCUT2D eigenvalue weighted by Gasteiger charge is 2.71. The summed E-state index contributed by atoms with van der Waals surface area (Å²) >= 11 is 0. The summed E-state index contributed by atoms with van der Waals surface area (Å²) in [5.74, 6) is -2.56. The summed E-state index contributed by atoms with van der Waals surface area (Å²) in [4.78, 5) is 46.5.